The van der Waals surface area contributed by atoms with Gasteiger partial charge in [0, 0.05) is 31.9 Å². The van der Waals surface area contributed by atoms with Gasteiger partial charge in [0.15, 0.2) is 0 Å². The van der Waals surface area contributed by atoms with Gasteiger partial charge in [-0.25, -0.2) is 9.18 Å². The van der Waals surface area contributed by atoms with Gasteiger partial charge in [-0.05, 0) is 37.3 Å². The molecule has 0 spiro atoms. The second kappa shape index (κ2) is 7.88. The van der Waals surface area contributed by atoms with E-state index in [2.05, 4.69) is 10.2 Å². The van der Waals surface area contributed by atoms with E-state index in [1.54, 1.807) is 17.0 Å². The average Bonchev–Trinajstić information content (AvgIpc) is 2.63. The van der Waals surface area contributed by atoms with E-state index in [4.69, 9.17) is 4.74 Å². The van der Waals surface area contributed by atoms with Crippen molar-refractivity contribution >= 4 is 17.4 Å². The molecule has 25 heavy (non-hydrogen) atoms. The summed E-state index contributed by atoms with van der Waals surface area (Å²) in [5.74, 6) is 0.498. The van der Waals surface area contributed by atoms with Gasteiger partial charge in [0.2, 0.25) is 0 Å². The highest BCUT2D eigenvalue weighted by molar-refractivity contribution is 5.89. The molecule has 1 saturated heterocycles. The highest BCUT2D eigenvalue weighted by Crippen LogP contribution is 2.28. The van der Waals surface area contributed by atoms with Crippen LogP contribution in [0.1, 0.15) is 6.92 Å². The molecule has 0 aromatic heterocycles. The Morgan fingerprint density at radius 2 is 1.88 bits per heavy atom. The number of carbonyl (C=O) groups excluding carboxylic acids is 1. The summed E-state index contributed by atoms with van der Waals surface area (Å²) in [5.41, 5.74) is 1.52. The molecule has 2 amide bonds. The quantitative estimate of drug-likeness (QED) is 0.923. The van der Waals surface area contributed by atoms with Crippen LogP contribution >= 0.6 is 0 Å². The lowest BCUT2D eigenvalue weighted by Gasteiger charge is -2.36. The standard InChI is InChI=1S/C19H22FN3O2/c1-2-25-18-9-4-3-8-17(18)22-10-12-23(13-11-22)19(24)21-16-7-5-6-15(20)14-16/h3-9,14H,2,10-13H2,1H3,(H,21,24). The molecule has 0 saturated carbocycles. The van der Waals surface area contributed by atoms with Gasteiger partial charge in [-0.3, -0.25) is 0 Å². The van der Waals surface area contributed by atoms with Gasteiger partial charge < -0.3 is 19.9 Å². The molecule has 6 heteroatoms. The van der Waals surface area contributed by atoms with Crippen molar-refractivity contribution in [2.45, 2.75) is 6.92 Å². The van der Waals surface area contributed by atoms with Crippen molar-refractivity contribution < 1.29 is 13.9 Å². The van der Waals surface area contributed by atoms with Crippen molar-refractivity contribution in [3.8, 4) is 5.75 Å². The minimum atomic E-state index is -0.366. The largest absolute Gasteiger partial charge is 0.492 e. The van der Waals surface area contributed by atoms with Crippen LogP contribution in [-0.2, 0) is 0 Å². The van der Waals surface area contributed by atoms with Gasteiger partial charge in [0.25, 0.3) is 0 Å². The molecular formula is C19H22FN3O2. The lowest BCUT2D eigenvalue weighted by Crippen LogP contribution is -2.50. The summed E-state index contributed by atoms with van der Waals surface area (Å²) in [7, 11) is 0. The summed E-state index contributed by atoms with van der Waals surface area (Å²) in [6, 6.07) is 13.6. The molecule has 0 aliphatic carbocycles. The number of benzene rings is 2. The van der Waals surface area contributed by atoms with Gasteiger partial charge in [-0.1, -0.05) is 18.2 Å². The number of nitrogens with zero attached hydrogens (tertiary/aromatic N) is 2. The number of nitrogens with one attached hydrogen (secondary N) is 1. The van der Waals surface area contributed by atoms with Gasteiger partial charge >= 0.3 is 6.03 Å². The number of halogens is 1. The number of urea groups is 1. The zero-order chi connectivity index (χ0) is 17.6. The number of para-hydroxylation sites is 2. The first kappa shape index (κ1) is 17.1. The SMILES string of the molecule is CCOc1ccccc1N1CCN(C(=O)Nc2cccc(F)c2)CC1. The smallest absolute Gasteiger partial charge is 0.321 e. The third-order valence-electron chi connectivity index (χ3n) is 4.15. The molecule has 5 nitrogen and oxygen atoms in total. The first-order chi connectivity index (χ1) is 12.2. The van der Waals surface area contributed by atoms with Crippen LogP contribution in [0.5, 0.6) is 5.75 Å². The zero-order valence-electron chi connectivity index (χ0n) is 14.2. The Kier molecular flexibility index (Phi) is 5.38. The molecule has 1 heterocycles. The first-order valence-electron chi connectivity index (χ1n) is 8.45. The normalized spacial score (nSPS) is 14.3. The molecule has 0 unspecified atom stereocenters. The summed E-state index contributed by atoms with van der Waals surface area (Å²) in [6.07, 6.45) is 0. The maximum Gasteiger partial charge on any atom is 0.321 e. The van der Waals surface area contributed by atoms with Crippen molar-refractivity contribution in [2.24, 2.45) is 0 Å². The van der Waals surface area contributed by atoms with E-state index in [1.165, 1.54) is 12.1 Å². The minimum Gasteiger partial charge on any atom is -0.492 e. The van der Waals surface area contributed by atoms with Crippen LogP contribution in [0.2, 0.25) is 0 Å². The van der Waals surface area contributed by atoms with E-state index >= 15 is 0 Å². The maximum absolute atomic E-state index is 13.2. The van der Waals surface area contributed by atoms with Gasteiger partial charge in [0.1, 0.15) is 11.6 Å². The molecule has 1 aliphatic heterocycles. The number of amides is 2. The Balaban J connectivity index is 1.59. The topological polar surface area (TPSA) is 44.8 Å². The van der Waals surface area contributed by atoms with Crippen LogP contribution in [0.15, 0.2) is 48.5 Å². The van der Waals surface area contributed by atoms with Gasteiger partial charge in [0.05, 0.1) is 12.3 Å². The predicted molar refractivity (Wildman–Crippen MR) is 96.8 cm³/mol. The number of rotatable bonds is 4. The summed E-state index contributed by atoms with van der Waals surface area (Å²) in [5, 5.41) is 2.74. The van der Waals surface area contributed by atoms with Gasteiger partial charge in [-0.2, -0.15) is 0 Å². The molecule has 0 atom stereocenters. The number of hydrogen-bond donors (Lipinski definition) is 1. The molecule has 132 valence electrons. The van der Waals surface area contributed by atoms with E-state index in [-0.39, 0.29) is 11.8 Å². The summed E-state index contributed by atoms with van der Waals surface area (Å²) in [4.78, 5) is 16.3. The lowest BCUT2D eigenvalue weighted by molar-refractivity contribution is 0.208. The van der Waals surface area contributed by atoms with Gasteiger partial charge in [-0.15, -0.1) is 0 Å². The van der Waals surface area contributed by atoms with E-state index < -0.39 is 0 Å². The molecule has 1 aliphatic rings. The van der Waals surface area contributed by atoms with Crippen molar-refractivity contribution in [3.63, 3.8) is 0 Å². The fourth-order valence-electron chi connectivity index (χ4n) is 2.92. The summed E-state index contributed by atoms with van der Waals surface area (Å²) in [6.45, 7) is 5.23. The summed E-state index contributed by atoms with van der Waals surface area (Å²) < 4.78 is 18.9. The Morgan fingerprint density at radius 3 is 2.60 bits per heavy atom. The Morgan fingerprint density at radius 1 is 1.12 bits per heavy atom. The highest BCUT2D eigenvalue weighted by Gasteiger charge is 2.23. The van der Waals surface area contributed by atoms with Crippen molar-refractivity contribution in [2.75, 3.05) is 43.0 Å². The van der Waals surface area contributed by atoms with Crippen molar-refractivity contribution in [1.29, 1.82) is 0 Å². The Bertz CT molecular complexity index is 730. The van der Waals surface area contributed by atoms with Crippen LogP contribution in [0.25, 0.3) is 0 Å². The Hall–Kier alpha value is -2.76. The molecule has 0 radical (unpaired) electrons. The second-order valence-corrected chi connectivity index (χ2v) is 5.82. The molecule has 1 N–H and O–H groups in total. The van der Waals surface area contributed by atoms with Crippen LogP contribution in [-0.4, -0.2) is 43.7 Å². The van der Waals surface area contributed by atoms with E-state index in [0.717, 1.165) is 24.5 Å². The third kappa shape index (κ3) is 4.21. The van der Waals surface area contributed by atoms with E-state index in [1.807, 2.05) is 31.2 Å². The second-order valence-electron chi connectivity index (χ2n) is 5.82. The number of carbonyl (C=O) groups is 1. The highest BCUT2D eigenvalue weighted by atomic mass is 19.1. The zero-order valence-corrected chi connectivity index (χ0v) is 14.2. The molecule has 2 aromatic rings. The maximum atomic E-state index is 13.2. The van der Waals surface area contributed by atoms with Crippen molar-refractivity contribution in [3.05, 3.63) is 54.3 Å². The van der Waals surface area contributed by atoms with E-state index in [9.17, 15) is 9.18 Å². The minimum absolute atomic E-state index is 0.205. The van der Waals surface area contributed by atoms with Crippen LogP contribution in [0.3, 0.4) is 0 Å². The summed E-state index contributed by atoms with van der Waals surface area (Å²) >= 11 is 0. The molecular weight excluding hydrogens is 321 g/mol. The Labute approximate surface area is 147 Å². The molecule has 3 rings (SSSR count). The number of hydrogen-bond acceptors (Lipinski definition) is 3. The van der Waals surface area contributed by atoms with Crippen LogP contribution in [0.4, 0.5) is 20.6 Å². The predicted octanol–water partition coefficient (Wildman–Crippen LogP) is 3.58. The molecule has 0 bridgehead atoms. The third-order valence-corrected chi connectivity index (χ3v) is 4.15. The molecule has 1 fully saturated rings. The fraction of sp³-hybridized carbons (Fsp3) is 0.316. The average molecular weight is 343 g/mol. The monoisotopic (exact) mass is 343 g/mol. The van der Waals surface area contributed by atoms with Crippen molar-refractivity contribution in [1.82, 2.24) is 4.90 Å². The first-order valence-corrected chi connectivity index (χ1v) is 8.45. The number of ether oxygens (including phenoxy) is 1. The molecule has 2 aromatic carbocycles. The van der Waals surface area contributed by atoms with Crippen LogP contribution < -0.4 is 15.0 Å². The fourth-order valence-corrected chi connectivity index (χ4v) is 2.92. The van der Waals surface area contributed by atoms with Crippen LogP contribution in [0, 0.1) is 5.82 Å². The number of anilines is 2. The van der Waals surface area contributed by atoms with E-state index in [0.29, 0.717) is 25.4 Å². The number of piperazine rings is 1. The lowest BCUT2D eigenvalue weighted by atomic mass is 10.2.